The largest absolute Gasteiger partial charge is 0.465 e. The van der Waals surface area contributed by atoms with E-state index in [4.69, 9.17) is 23.7 Å². The zero-order valence-corrected chi connectivity index (χ0v) is 26.2. The van der Waals surface area contributed by atoms with Crippen LogP contribution in [0.1, 0.15) is 64.5 Å². The van der Waals surface area contributed by atoms with Gasteiger partial charge in [0.05, 0.1) is 26.4 Å². The van der Waals surface area contributed by atoms with E-state index in [2.05, 4.69) is 13.8 Å². The third-order valence-electron chi connectivity index (χ3n) is 8.03. The molecule has 236 valence electrons. The fourth-order valence-electron chi connectivity index (χ4n) is 5.39. The van der Waals surface area contributed by atoms with Gasteiger partial charge in [-0.25, -0.2) is 9.59 Å². The van der Waals surface area contributed by atoms with E-state index in [1.807, 2.05) is 67.6 Å². The average Bonchev–Trinajstić information content (AvgIpc) is 3.01. The van der Waals surface area contributed by atoms with Crippen LogP contribution >= 0.6 is 0 Å². The van der Waals surface area contributed by atoms with E-state index in [1.54, 1.807) is 4.90 Å². The Balaban J connectivity index is 1.55. The van der Waals surface area contributed by atoms with Gasteiger partial charge in [-0.3, -0.25) is 4.79 Å². The molecule has 0 radical (unpaired) electrons. The highest BCUT2D eigenvalue weighted by atomic mass is 16.7. The third kappa shape index (κ3) is 10.4. The van der Waals surface area contributed by atoms with E-state index >= 15 is 0 Å². The summed E-state index contributed by atoms with van der Waals surface area (Å²) in [5.74, 6) is -2.32. The molecule has 0 bridgehead atoms. The van der Waals surface area contributed by atoms with Crippen LogP contribution in [0.25, 0.3) is 0 Å². The van der Waals surface area contributed by atoms with Crippen LogP contribution in [0.3, 0.4) is 0 Å². The maximum absolute atomic E-state index is 13.0. The highest BCUT2D eigenvalue weighted by Crippen LogP contribution is 2.41. The standard InChI is InChI=1S/C34H47NO8/c1-25-21-34(32(37)39-5,43-31(27(25)3)26(2)23-40-28(4)36)42-20-14-8-13-19-35(22-29-15-9-6-10-16-29)33(38)41-24-30-17-11-7-12-18-30/h6-7,9-12,15-18,25-27,31H,8,13-14,19-24H2,1-5H3/t25?,26-,27-,31?,34-/m1/s1. The normalized spacial score (nSPS) is 22.3. The highest BCUT2D eigenvalue weighted by Gasteiger charge is 2.52. The third-order valence-corrected chi connectivity index (χ3v) is 8.03. The van der Waals surface area contributed by atoms with Crippen LogP contribution in [-0.2, 0) is 46.4 Å². The Morgan fingerprint density at radius 1 is 0.953 bits per heavy atom. The summed E-state index contributed by atoms with van der Waals surface area (Å²) in [5, 5.41) is 0. The van der Waals surface area contributed by atoms with Gasteiger partial charge in [0.1, 0.15) is 6.61 Å². The summed E-state index contributed by atoms with van der Waals surface area (Å²) < 4.78 is 28.5. The quantitative estimate of drug-likeness (QED) is 0.137. The highest BCUT2D eigenvalue weighted by molar-refractivity contribution is 5.78. The predicted molar refractivity (Wildman–Crippen MR) is 162 cm³/mol. The molecule has 9 heteroatoms. The lowest BCUT2D eigenvalue weighted by atomic mass is 9.78. The molecule has 9 nitrogen and oxygen atoms in total. The van der Waals surface area contributed by atoms with Gasteiger partial charge in [0.15, 0.2) is 0 Å². The number of esters is 2. The smallest absolute Gasteiger partial charge is 0.410 e. The Morgan fingerprint density at radius 3 is 2.23 bits per heavy atom. The second kappa shape index (κ2) is 17.0. The summed E-state index contributed by atoms with van der Waals surface area (Å²) in [6, 6.07) is 19.4. The minimum Gasteiger partial charge on any atom is -0.465 e. The van der Waals surface area contributed by atoms with E-state index in [9.17, 15) is 14.4 Å². The molecule has 1 heterocycles. The van der Waals surface area contributed by atoms with Gasteiger partial charge in [-0.2, -0.15) is 0 Å². The van der Waals surface area contributed by atoms with Crippen molar-refractivity contribution in [1.29, 1.82) is 0 Å². The van der Waals surface area contributed by atoms with Gasteiger partial charge in [-0.1, -0.05) is 81.4 Å². The predicted octanol–water partition coefficient (Wildman–Crippen LogP) is 6.14. The van der Waals surface area contributed by atoms with Crippen molar-refractivity contribution in [3.8, 4) is 0 Å². The van der Waals surface area contributed by atoms with E-state index in [0.29, 0.717) is 32.5 Å². The number of hydrogen-bond donors (Lipinski definition) is 0. The first kappa shape index (κ1) is 34.1. The van der Waals surface area contributed by atoms with Crippen LogP contribution in [0.15, 0.2) is 60.7 Å². The molecule has 1 amide bonds. The van der Waals surface area contributed by atoms with Crippen molar-refractivity contribution in [3.63, 3.8) is 0 Å². The summed E-state index contributed by atoms with van der Waals surface area (Å²) in [5.41, 5.74) is 1.96. The van der Waals surface area contributed by atoms with E-state index in [0.717, 1.165) is 24.0 Å². The second-order valence-corrected chi connectivity index (χ2v) is 11.5. The minimum atomic E-state index is -1.52. The van der Waals surface area contributed by atoms with Crippen molar-refractivity contribution in [2.75, 3.05) is 26.9 Å². The number of ether oxygens (including phenoxy) is 5. The van der Waals surface area contributed by atoms with Crippen LogP contribution in [-0.4, -0.2) is 61.7 Å². The summed E-state index contributed by atoms with van der Waals surface area (Å²) in [6.45, 7) is 9.13. The number of carbonyl (C=O) groups excluding carboxylic acids is 3. The molecular weight excluding hydrogens is 550 g/mol. The lowest BCUT2D eigenvalue weighted by Gasteiger charge is -2.46. The molecule has 1 aliphatic rings. The van der Waals surface area contributed by atoms with Crippen molar-refractivity contribution < 1.29 is 38.1 Å². The van der Waals surface area contributed by atoms with Gasteiger partial charge in [-0.15, -0.1) is 0 Å². The van der Waals surface area contributed by atoms with Crippen LogP contribution < -0.4 is 0 Å². The van der Waals surface area contributed by atoms with Gasteiger partial charge < -0.3 is 28.6 Å². The molecule has 2 aromatic rings. The van der Waals surface area contributed by atoms with Gasteiger partial charge in [0.25, 0.3) is 5.79 Å². The number of nitrogens with zero attached hydrogens (tertiary/aromatic N) is 1. The zero-order valence-electron chi connectivity index (χ0n) is 26.2. The van der Waals surface area contributed by atoms with Crippen LogP contribution in [0.4, 0.5) is 4.79 Å². The Morgan fingerprint density at radius 2 is 1.60 bits per heavy atom. The van der Waals surface area contributed by atoms with Crippen molar-refractivity contribution in [2.45, 2.75) is 78.4 Å². The minimum absolute atomic E-state index is 0.117. The van der Waals surface area contributed by atoms with E-state index < -0.39 is 11.8 Å². The van der Waals surface area contributed by atoms with Crippen molar-refractivity contribution in [3.05, 3.63) is 71.8 Å². The van der Waals surface area contributed by atoms with Crippen LogP contribution in [0, 0.1) is 17.8 Å². The SMILES string of the molecule is COC(=O)[C@@]1(OCCCCCN(Cc2ccccc2)C(=O)OCc2ccccc2)CC(C)[C@@H](C)C([C@H](C)COC(C)=O)O1. The summed E-state index contributed by atoms with van der Waals surface area (Å²) >= 11 is 0. The molecular formula is C34H47NO8. The van der Waals surface area contributed by atoms with Crippen molar-refractivity contribution in [1.82, 2.24) is 4.90 Å². The van der Waals surface area contributed by atoms with E-state index in [1.165, 1.54) is 14.0 Å². The fraction of sp³-hybridized carbons (Fsp3) is 0.559. The zero-order chi connectivity index (χ0) is 31.2. The maximum atomic E-state index is 13.0. The monoisotopic (exact) mass is 597 g/mol. The van der Waals surface area contributed by atoms with Gasteiger partial charge >= 0.3 is 18.0 Å². The molecule has 1 saturated heterocycles. The topological polar surface area (TPSA) is 101 Å². The molecule has 0 aliphatic carbocycles. The summed E-state index contributed by atoms with van der Waals surface area (Å²) in [7, 11) is 1.33. The maximum Gasteiger partial charge on any atom is 0.410 e. The van der Waals surface area contributed by atoms with Gasteiger partial charge in [-0.05, 0) is 42.2 Å². The fourth-order valence-corrected chi connectivity index (χ4v) is 5.39. The number of amides is 1. The number of hydrogen-bond acceptors (Lipinski definition) is 8. The average molecular weight is 598 g/mol. The first-order chi connectivity index (χ1) is 20.6. The second-order valence-electron chi connectivity index (χ2n) is 11.5. The summed E-state index contributed by atoms with van der Waals surface area (Å²) in [4.78, 5) is 39.1. The van der Waals surface area contributed by atoms with E-state index in [-0.39, 0.29) is 49.1 Å². The molecule has 0 saturated carbocycles. The molecule has 3 rings (SSSR count). The molecule has 1 aliphatic heterocycles. The Labute approximate surface area is 255 Å². The first-order valence-electron chi connectivity index (χ1n) is 15.2. The molecule has 1 fully saturated rings. The first-order valence-corrected chi connectivity index (χ1v) is 15.2. The molecule has 5 atom stereocenters. The molecule has 0 spiro atoms. The number of methoxy groups -OCH3 is 1. The Bertz CT molecular complexity index is 1140. The molecule has 2 unspecified atom stereocenters. The number of unbranched alkanes of at least 4 members (excludes halogenated alkanes) is 2. The van der Waals surface area contributed by atoms with Gasteiger partial charge in [0, 0.05) is 32.4 Å². The van der Waals surface area contributed by atoms with Crippen LogP contribution in [0.2, 0.25) is 0 Å². The number of carbonyl (C=O) groups is 3. The summed E-state index contributed by atoms with van der Waals surface area (Å²) in [6.07, 6.45) is 1.83. The van der Waals surface area contributed by atoms with Crippen LogP contribution in [0.5, 0.6) is 0 Å². The Hall–Kier alpha value is -3.43. The lowest BCUT2D eigenvalue weighted by Crippen LogP contribution is -2.57. The molecule has 43 heavy (non-hydrogen) atoms. The Kier molecular flexibility index (Phi) is 13.5. The van der Waals surface area contributed by atoms with Gasteiger partial charge in [0.2, 0.25) is 0 Å². The number of benzene rings is 2. The molecule has 0 aromatic heterocycles. The molecule has 0 N–H and O–H groups in total. The lowest BCUT2D eigenvalue weighted by molar-refractivity contribution is -0.303. The van der Waals surface area contributed by atoms with Crippen molar-refractivity contribution >= 4 is 18.0 Å². The van der Waals surface area contributed by atoms with Crippen molar-refractivity contribution in [2.24, 2.45) is 17.8 Å². The number of rotatable bonds is 15. The molecule has 2 aromatic carbocycles.